The fourth-order valence-corrected chi connectivity index (χ4v) is 1.44. The van der Waals surface area contributed by atoms with E-state index in [-0.39, 0.29) is 18.2 Å². The predicted molar refractivity (Wildman–Crippen MR) is 69.6 cm³/mol. The molecule has 0 aromatic carbocycles. The van der Waals surface area contributed by atoms with Crippen molar-refractivity contribution in [1.29, 1.82) is 0 Å². The molecule has 1 heterocycles. The van der Waals surface area contributed by atoms with Crippen LogP contribution in [0.2, 0.25) is 0 Å². The molecule has 0 saturated heterocycles. The lowest BCUT2D eigenvalue weighted by Crippen LogP contribution is -2.24. The highest BCUT2D eigenvalue weighted by molar-refractivity contribution is 5.92. The monoisotopic (exact) mass is 252 g/mol. The lowest BCUT2D eigenvalue weighted by Gasteiger charge is -2.15. The highest BCUT2D eigenvalue weighted by atomic mass is 16.5. The molecular weight excluding hydrogens is 232 g/mol. The van der Waals surface area contributed by atoms with Crippen LogP contribution in [-0.4, -0.2) is 29.2 Å². The third kappa shape index (κ3) is 4.00. The summed E-state index contributed by atoms with van der Waals surface area (Å²) in [6.45, 7) is 5.62. The van der Waals surface area contributed by atoms with Gasteiger partial charge in [-0.3, -0.25) is 4.79 Å². The molecule has 0 aliphatic carbocycles. The van der Waals surface area contributed by atoms with Crippen LogP contribution < -0.4 is 10.1 Å². The van der Waals surface area contributed by atoms with Gasteiger partial charge >= 0.3 is 0 Å². The highest BCUT2D eigenvalue weighted by Gasteiger charge is 2.16. The largest absolute Gasteiger partial charge is 0.480 e. The van der Waals surface area contributed by atoms with Crippen molar-refractivity contribution in [3.63, 3.8) is 0 Å². The van der Waals surface area contributed by atoms with E-state index in [1.165, 1.54) is 7.11 Å². The second-order valence-electron chi connectivity index (χ2n) is 4.63. The summed E-state index contributed by atoms with van der Waals surface area (Å²) in [6.07, 6.45) is 1.08. The quantitative estimate of drug-likeness (QED) is 0.837. The van der Waals surface area contributed by atoms with Gasteiger partial charge < -0.3 is 15.2 Å². The number of aryl methyl sites for hydroxylation is 1. The molecule has 5 heteroatoms. The first kappa shape index (κ1) is 14.4. The molecule has 1 unspecified atom stereocenters. The van der Waals surface area contributed by atoms with Gasteiger partial charge in [0.05, 0.1) is 19.6 Å². The lowest BCUT2D eigenvalue weighted by molar-refractivity contribution is -0.118. The van der Waals surface area contributed by atoms with Crippen LogP contribution in [-0.2, 0) is 4.79 Å². The van der Waals surface area contributed by atoms with Crippen molar-refractivity contribution < 1.29 is 14.6 Å². The number of hydrogen-bond donors (Lipinski definition) is 2. The van der Waals surface area contributed by atoms with Crippen LogP contribution in [0.1, 0.15) is 25.8 Å². The minimum absolute atomic E-state index is 0.0493. The van der Waals surface area contributed by atoms with Crippen molar-refractivity contribution in [3.05, 3.63) is 17.8 Å². The van der Waals surface area contributed by atoms with Crippen molar-refractivity contribution in [2.75, 3.05) is 12.4 Å². The number of pyridine rings is 1. The van der Waals surface area contributed by atoms with Crippen molar-refractivity contribution >= 4 is 11.6 Å². The number of aliphatic hydroxyl groups excluding tert-OH is 1. The summed E-state index contributed by atoms with van der Waals surface area (Å²) in [7, 11) is 1.50. The van der Waals surface area contributed by atoms with Crippen molar-refractivity contribution in [2.24, 2.45) is 5.92 Å². The van der Waals surface area contributed by atoms with Crippen LogP contribution in [0.25, 0.3) is 0 Å². The number of amides is 1. The fourth-order valence-electron chi connectivity index (χ4n) is 1.44. The van der Waals surface area contributed by atoms with Gasteiger partial charge in [0.2, 0.25) is 11.8 Å². The molecule has 2 N–H and O–H groups in total. The van der Waals surface area contributed by atoms with Gasteiger partial charge in [-0.15, -0.1) is 0 Å². The molecule has 1 aromatic heterocycles. The third-order valence-corrected chi connectivity index (χ3v) is 2.62. The van der Waals surface area contributed by atoms with Crippen LogP contribution in [0.3, 0.4) is 0 Å². The van der Waals surface area contributed by atoms with Crippen LogP contribution >= 0.6 is 0 Å². The summed E-state index contributed by atoms with van der Waals surface area (Å²) in [5, 5.41) is 12.3. The topological polar surface area (TPSA) is 71.5 Å². The summed E-state index contributed by atoms with van der Waals surface area (Å²) >= 11 is 0. The van der Waals surface area contributed by atoms with E-state index in [1.807, 2.05) is 20.8 Å². The second-order valence-corrected chi connectivity index (χ2v) is 4.63. The van der Waals surface area contributed by atoms with E-state index < -0.39 is 6.10 Å². The molecular formula is C13H20N2O3. The van der Waals surface area contributed by atoms with Crippen molar-refractivity contribution in [3.8, 4) is 5.88 Å². The molecule has 0 spiro atoms. The Hall–Kier alpha value is -1.62. The van der Waals surface area contributed by atoms with E-state index >= 15 is 0 Å². The SMILES string of the molecule is COc1ncc(C)cc1NC(=O)CC(O)C(C)C. The number of methoxy groups -OCH3 is 1. The van der Waals surface area contributed by atoms with E-state index in [1.54, 1.807) is 12.3 Å². The number of aromatic nitrogens is 1. The van der Waals surface area contributed by atoms with E-state index in [4.69, 9.17) is 4.74 Å². The van der Waals surface area contributed by atoms with Crippen LogP contribution in [0.5, 0.6) is 5.88 Å². The number of aliphatic hydroxyl groups is 1. The number of nitrogens with one attached hydrogen (secondary N) is 1. The summed E-state index contributed by atoms with van der Waals surface area (Å²) in [6, 6.07) is 1.78. The molecule has 18 heavy (non-hydrogen) atoms. The minimum Gasteiger partial charge on any atom is -0.480 e. The number of carbonyl (C=O) groups is 1. The standard InChI is InChI=1S/C13H20N2O3/c1-8(2)11(16)6-12(17)15-10-5-9(3)7-14-13(10)18-4/h5,7-8,11,16H,6H2,1-4H3,(H,15,17). The van der Waals surface area contributed by atoms with E-state index in [9.17, 15) is 9.90 Å². The van der Waals surface area contributed by atoms with Crippen molar-refractivity contribution in [1.82, 2.24) is 4.98 Å². The van der Waals surface area contributed by atoms with Gasteiger partial charge in [0.25, 0.3) is 0 Å². The molecule has 1 amide bonds. The Morgan fingerprint density at radius 2 is 2.22 bits per heavy atom. The molecule has 0 aliphatic heterocycles. The average molecular weight is 252 g/mol. The molecule has 0 bridgehead atoms. The Morgan fingerprint density at radius 1 is 1.56 bits per heavy atom. The molecule has 0 fully saturated rings. The average Bonchev–Trinajstić information content (AvgIpc) is 2.28. The summed E-state index contributed by atoms with van der Waals surface area (Å²) in [5.41, 5.74) is 1.45. The van der Waals surface area contributed by atoms with Gasteiger partial charge in [-0.25, -0.2) is 4.98 Å². The van der Waals surface area contributed by atoms with Crippen LogP contribution in [0.15, 0.2) is 12.3 Å². The first-order valence-corrected chi connectivity index (χ1v) is 5.92. The minimum atomic E-state index is -0.645. The molecule has 1 atom stereocenters. The summed E-state index contributed by atoms with van der Waals surface area (Å²) < 4.78 is 5.07. The molecule has 5 nitrogen and oxygen atoms in total. The number of rotatable bonds is 5. The van der Waals surface area contributed by atoms with Gasteiger partial charge in [-0.05, 0) is 24.5 Å². The molecule has 100 valence electrons. The van der Waals surface area contributed by atoms with Gasteiger partial charge in [0.1, 0.15) is 5.69 Å². The van der Waals surface area contributed by atoms with Gasteiger partial charge in [-0.2, -0.15) is 0 Å². The maximum Gasteiger partial charge on any atom is 0.237 e. The first-order valence-electron chi connectivity index (χ1n) is 5.92. The molecule has 0 saturated carbocycles. The Morgan fingerprint density at radius 3 is 2.78 bits per heavy atom. The summed E-state index contributed by atoms with van der Waals surface area (Å²) in [4.78, 5) is 15.8. The Balaban J connectivity index is 2.72. The number of nitrogens with zero attached hydrogens (tertiary/aromatic N) is 1. The maximum absolute atomic E-state index is 11.8. The zero-order valence-electron chi connectivity index (χ0n) is 11.2. The van der Waals surface area contributed by atoms with E-state index in [0.29, 0.717) is 11.6 Å². The van der Waals surface area contributed by atoms with Crippen LogP contribution in [0, 0.1) is 12.8 Å². The first-order chi connectivity index (χ1) is 8.43. The van der Waals surface area contributed by atoms with Gasteiger partial charge in [0.15, 0.2) is 0 Å². The Kier molecular flexibility index (Phi) is 5.09. The normalized spacial score (nSPS) is 12.3. The smallest absolute Gasteiger partial charge is 0.237 e. The zero-order valence-corrected chi connectivity index (χ0v) is 11.2. The van der Waals surface area contributed by atoms with E-state index in [2.05, 4.69) is 10.3 Å². The molecule has 0 aliphatic rings. The number of ether oxygens (including phenoxy) is 1. The number of carbonyl (C=O) groups excluding carboxylic acids is 1. The van der Waals surface area contributed by atoms with Crippen LogP contribution in [0.4, 0.5) is 5.69 Å². The van der Waals surface area contributed by atoms with Gasteiger partial charge in [-0.1, -0.05) is 13.8 Å². The van der Waals surface area contributed by atoms with Gasteiger partial charge in [0, 0.05) is 6.20 Å². The van der Waals surface area contributed by atoms with Crippen molar-refractivity contribution in [2.45, 2.75) is 33.3 Å². The lowest BCUT2D eigenvalue weighted by atomic mass is 10.0. The second kappa shape index (κ2) is 6.35. The fraction of sp³-hybridized carbons (Fsp3) is 0.538. The highest BCUT2D eigenvalue weighted by Crippen LogP contribution is 2.22. The molecule has 0 radical (unpaired) electrons. The maximum atomic E-state index is 11.8. The molecule has 1 aromatic rings. The Labute approximate surface area is 107 Å². The zero-order chi connectivity index (χ0) is 13.7. The third-order valence-electron chi connectivity index (χ3n) is 2.62. The molecule has 1 rings (SSSR count). The number of anilines is 1. The summed E-state index contributed by atoms with van der Waals surface area (Å²) in [5.74, 6) is 0.170. The predicted octanol–water partition coefficient (Wildman–Crippen LogP) is 1.74. The number of hydrogen-bond acceptors (Lipinski definition) is 4. The Bertz CT molecular complexity index is 419. The van der Waals surface area contributed by atoms with E-state index in [0.717, 1.165) is 5.56 Å².